The van der Waals surface area contributed by atoms with Crippen molar-refractivity contribution in [1.29, 1.82) is 0 Å². The van der Waals surface area contributed by atoms with E-state index in [1.165, 1.54) is 11.9 Å². The van der Waals surface area contributed by atoms with E-state index in [9.17, 15) is 27.6 Å². The first kappa shape index (κ1) is 22.4. The van der Waals surface area contributed by atoms with E-state index >= 15 is 0 Å². The van der Waals surface area contributed by atoms with E-state index in [4.69, 9.17) is 0 Å². The van der Waals surface area contributed by atoms with Gasteiger partial charge in [0.1, 0.15) is 11.5 Å². The second-order valence-corrected chi connectivity index (χ2v) is 9.78. The van der Waals surface area contributed by atoms with Gasteiger partial charge >= 0.3 is 12.2 Å². The molecule has 0 unspecified atom stereocenters. The van der Waals surface area contributed by atoms with Crippen molar-refractivity contribution < 1.29 is 22.8 Å². The lowest BCUT2D eigenvalue weighted by Gasteiger charge is -2.73. The third-order valence-electron chi connectivity index (χ3n) is 7.35. The Balaban J connectivity index is 1.23. The molecular weight excluding hydrogens is 451 g/mol. The number of halogens is 3. The average molecular weight is 475 g/mol. The van der Waals surface area contributed by atoms with Crippen molar-refractivity contribution in [1.82, 2.24) is 14.5 Å². The van der Waals surface area contributed by atoms with Crippen LogP contribution in [0, 0.1) is 5.92 Å². The zero-order valence-corrected chi connectivity index (χ0v) is 18.7. The Morgan fingerprint density at radius 3 is 2.41 bits per heavy atom. The fourth-order valence-electron chi connectivity index (χ4n) is 5.12. The normalized spacial score (nSPS) is 25.1. The van der Waals surface area contributed by atoms with Crippen LogP contribution < -0.4 is 16.2 Å². The van der Waals surface area contributed by atoms with Gasteiger partial charge < -0.3 is 20.1 Å². The second kappa shape index (κ2) is 7.31. The molecule has 4 aliphatic carbocycles. The zero-order chi connectivity index (χ0) is 24.5. The number of carbonyl (C=O) groups excluding carboxylic acids is 2. The molecule has 0 spiro atoms. The monoisotopic (exact) mass is 475 g/mol. The lowest BCUT2D eigenvalue weighted by molar-refractivity contribution is -0.140. The molecule has 4 saturated carbocycles. The maximum atomic E-state index is 13.1. The van der Waals surface area contributed by atoms with E-state index in [0.717, 1.165) is 23.0 Å². The Morgan fingerprint density at radius 1 is 1.18 bits per heavy atom. The molecule has 2 aromatic heterocycles. The number of aryl methyl sites for hydroxylation is 1. The zero-order valence-electron chi connectivity index (χ0n) is 18.7. The first-order valence-corrected chi connectivity index (χ1v) is 11.0. The molecule has 11 heteroatoms. The minimum atomic E-state index is -4.64. The number of amides is 3. The van der Waals surface area contributed by atoms with Crippen molar-refractivity contribution >= 4 is 23.4 Å². The number of aromatic nitrogens is 2. The molecule has 180 valence electrons. The first-order chi connectivity index (χ1) is 15.9. The number of anilines is 2. The van der Waals surface area contributed by atoms with Crippen LogP contribution in [0.5, 0.6) is 0 Å². The average Bonchev–Trinajstić information content (AvgIpc) is 3.55. The minimum Gasteiger partial charge on any atom is -0.322 e. The van der Waals surface area contributed by atoms with Crippen LogP contribution >= 0.6 is 0 Å². The summed E-state index contributed by atoms with van der Waals surface area (Å²) < 4.78 is 40.1. The van der Waals surface area contributed by atoms with E-state index in [1.54, 1.807) is 19.3 Å². The van der Waals surface area contributed by atoms with Crippen LogP contribution in [0.2, 0.25) is 0 Å². The molecule has 2 N–H and O–H groups in total. The van der Waals surface area contributed by atoms with Gasteiger partial charge in [-0.2, -0.15) is 13.2 Å². The third kappa shape index (κ3) is 3.63. The molecule has 2 bridgehead atoms. The van der Waals surface area contributed by atoms with Gasteiger partial charge in [-0.25, -0.2) is 9.78 Å². The number of hydrogen-bond donors (Lipinski definition) is 2. The van der Waals surface area contributed by atoms with Gasteiger partial charge in [0.2, 0.25) is 5.91 Å². The Kier molecular flexibility index (Phi) is 4.82. The van der Waals surface area contributed by atoms with Gasteiger partial charge in [0.25, 0.3) is 5.56 Å². The van der Waals surface area contributed by atoms with E-state index in [0.29, 0.717) is 37.3 Å². The van der Waals surface area contributed by atoms with Gasteiger partial charge in [-0.1, -0.05) is 6.07 Å². The fraction of sp³-hybridized carbons (Fsp3) is 0.478. The quantitative estimate of drug-likeness (QED) is 0.692. The number of rotatable bonds is 5. The molecule has 4 aliphatic rings. The van der Waals surface area contributed by atoms with Gasteiger partial charge in [0.15, 0.2) is 0 Å². The molecular formula is C23H24F3N5O3. The Bertz CT molecular complexity index is 1210. The minimum absolute atomic E-state index is 0.00652. The van der Waals surface area contributed by atoms with Gasteiger partial charge in [0, 0.05) is 43.4 Å². The predicted octanol–water partition coefficient (Wildman–Crippen LogP) is 3.49. The van der Waals surface area contributed by atoms with Gasteiger partial charge in [-0.05, 0) is 49.8 Å². The summed E-state index contributed by atoms with van der Waals surface area (Å²) in [5.41, 5.74) is -1.63. The SMILES string of the molecule is CN(C(=O)Nc1cc(C(F)(F)F)cn(C)c1=O)C12CC(c3ccc(NC(=O)C4CC4)nc3)(C1)C2. The molecule has 0 aromatic carbocycles. The van der Waals surface area contributed by atoms with Crippen molar-refractivity contribution in [2.45, 2.75) is 49.2 Å². The summed E-state index contributed by atoms with van der Waals surface area (Å²) >= 11 is 0. The van der Waals surface area contributed by atoms with Crippen molar-refractivity contribution in [3.63, 3.8) is 0 Å². The van der Waals surface area contributed by atoms with Crippen LogP contribution in [0.1, 0.15) is 43.2 Å². The van der Waals surface area contributed by atoms with E-state index in [2.05, 4.69) is 15.6 Å². The predicted molar refractivity (Wildman–Crippen MR) is 117 cm³/mol. The number of hydrogen-bond acceptors (Lipinski definition) is 4. The second-order valence-electron chi connectivity index (χ2n) is 9.78. The lowest BCUT2D eigenvalue weighted by atomic mass is 9.37. The standard InChI is InChI=1S/C23H24F3N5O3/c1-30-9-15(23(24,25)26)7-16(19(30)33)28-20(34)31(2)22-10-21(11-22,12-22)14-5-6-17(27-8-14)29-18(32)13-3-4-13/h5-9,13H,3-4,10-12H2,1-2H3,(H,28,34)(H,27,29,32). The maximum absolute atomic E-state index is 13.1. The van der Waals surface area contributed by atoms with Gasteiger partial charge in [-0.15, -0.1) is 0 Å². The molecule has 0 saturated heterocycles. The summed E-state index contributed by atoms with van der Waals surface area (Å²) in [5, 5.41) is 5.16. The van der Waals surface area contributed by atoms with Crippen LogP contribution in [0.15, 0.2) is 35.4 Å². The number of carbonyl (C=O) groups is 2. The van der Waals surface area contributed by atoms with Crippen molar-refractivity contribution in [2.24, 2.45) is 13.0 Å². The number of nitrogens with one attached hydrogen (secondary N) is 2. The Labute approximate surface area is 193 Å². The van der Waals surface area contributed by atoms with Crippen molar-refractivity contribution in [3.05, 3.63) is 52.1 Å². The van der Waals surface area contributed by atoms with Crippen LogP contribution in [0.3, 0.4) is 0 Å². The molecule has 2 aromatic rings. The summed E-state index contributed by atoms with van der Waals surface area (Å²) in [6.07, 6.45) is 1.72. The number of urea groups is 1. The lowest BCUT2D eigenvalue weighted by Crippen LogP contribution is -2.77. The smallest absolute Gasteiger partial charge is 0.322 e. The molecule has 3 amide bonds. The number of alkyl halides is 3. The highest BCUT2D eigenvalue weighted by Gasteiger charge is 2.71. The molecule has 2 heterocycles. The summed E-state index contributed by atoms with van der Waals surface area (Å²) in [4.78, 5) is 42.7. The largest absolute Gasteiger partial charge is 0.417 e. The molecule has 0 radical (unpaired) electrons. The first-order valence-electron chi connectivity index (χ1n) is 11.0. The van der Waals surface area contributed by atoms with Crippen LogP contribution in [-0.2, 0) is 23.4 Å². The van der Waals surface area contributed by atoms with Crippen LogP contribution in [-0.4, -0.2) is 39.0 Å². The summed E-state index contributed by atoms with van der Waals surface area (Å²) in [5.74, 6) is 0.603. The number of nitrogens with zero attached hydrogens (tertiary/aromatic N) is 3. The molecule has 8 nitrogen and oxygen atoms in total. The van der Waals surface area contributed by atoms with Gasteiger partial charge in [-0.3, -0.25) is 9.59 Å². The Hall–Kier alpha value is -3.37. The highest BCUT2D eigenvalue weighted by molar-refractivity contribution is 5.93. The highest BCUT2D eigenvalue weighted by atomic mass is 19.4. The van der Waals surface area contributed by atoms with E-state index in [1.807, 2.05) is 6.07 Å². The van der Waals surface area contributed by atoms with E-state index in [-0.39, 0.29) is 17.2 Å². The topological polar surface area (TPSA) is 96.3 Å². The maximum Gasteiger partial charge on any atom is 0.417 e. The number of pyridine rings is 2. The molecule has 0 aliphatic heterocycles. The molecule has 0 atom stereocenters. The van der Waals surface area contributed by atoms with Gasteiger partial charge in [0.05, 0.1) is 5.56 Å². The summed E-state index contributed by atoms with van der Waals surface area (Å²) in [6.45, 7) is 0. The van der Waals surface area contributed by atoms with Crippen LogP contribution in [0.25, 0.3) is 0 Å². The van der Waals surface area contributed by atoms with Crippen LogP contribution in [0.4, 0.5) is 29.5 Å². The molecule has 34 heavy (non-hydrogen) atoms. The molecule has 6 rings (SSSR count). The Morgan fingerprint density at radius 2 is 1.85 bits per heavy atom. The summed E-state index contributed by atoms with van der Waals surface area (Å²) in [7, 11) is 2.80. The van der Waals surface area contributed by atoms with E-state index < -0.39 is 34.6 Å². The van der Waals surface area contributed by atoms with Crippen molar-refractivity contribution in [3.8, 4) is 0 Å². The fourth-order valence-corrected chi connectivity index (χ4v) is 5.12. The third-order valence-corrected chi connectivity index (χ3v) is 7.35. The molecule has 4 fully saturated rings. The highest BCUT2D eigenvalue weighted by Crippen LogP contribution is 2.70. The summed E-state index contributed by atoms with van der Waals surface area (Å²) in [6, 6.07) is 3.75. The van der Waals surface area contributed by atoms with Crippen molar-refractivity contribution in [2.75, 3.05) is 17.7 Å².